The van der Waals surface area contributed by atoms with E-state index in [4.69, 9.17) is 0 Å². The minimum Gasteiger partial charge on any atom is -0.506 e. The first kappa shape index (κ1) is 22.3. The fourth-order valence-electron chi connectivity index (χ4n) is 2.74. The normalized spacial score (nSPS) is 11.6. The molecular weight excluding hydrogens is 396 g/mol. The number of amides is 1. The van der Waals surface area contributed by atoms with E-state index in [0.717, 1.165) is 5.56 Å². The molecule has 0 unspecified atom stereocenters. The Balaban J connectivity index is 2.04. The molecule has 6 nitrogen and oxygen atoms in total. The lowest BCUT2D eigenvalue weighted by molar-refractivity contribution is -0.113. The molecule has 0 atom stereocenters. The van der Waals surface area contributed by atoms with Crippen LogP contribution in [0.15, 0.2) is 47.4 Å². The summed E-state index contributed by atoms with van der Waals surface area (Å²) in [6, 6.07) is 12.0. The fourth-order valence-corrected chi connectivity index (χ4v) is 5.00. The van der Waals surface area contributed by atoms with Gasteiger partial charge in [-0.3, -0.25) is 4.79 Å². The first-order valence-electron chi connectivity index (χ1n) is 9.04. The number of benzene rings is 2. The van der Waals surface area contributed by atoms with Gasteiger partial charge in [-0.1, -0.05) is 43.7 Å². The zero-order chi connectivity index (χ0) is 20.7. The third-order valence-electron chi connectivity index (χ3n) is 4.17. The predicted molar refractivity (Wildman–Crippen MR) is 114 cm³/mol. The second-order valence-electron chi connectivity index (χ2n) is 6.30. The zero-order valence-electron chi connectivity index (χ0n) is 16.3. The van der Waals surface area contributed by atoms with Gasteiger partial charge in [0.05, 0.1) is 16.3 Å². The molecule has 0 radical (unpaired) electrons. The van der Waals surface area contributed by atoms with Crippen molar-refractivity contribution in [1.29, 1.82) is 0 Å². The van der Waals surface area contributed by atoms with Gasteiger partial charge in [0.25, 0.3) is 0 Å². The third-order valence-corrected chi connectivity index (χ3v) is 7.22. The van der Waals surface area contributed by atoms with Gasteiger partial charge < -0.3 is 10.4 Å². The molecule has 1 amide bonds. The molecule has 0 bridgehead atoms. The van der Waals surface area contributed by atoms with E-state index in [0.29, 0.717) is 18.8 Å². The number of anilines is 1. The molecule has 2 rings (SSSR count). The smallest absolute Gasteiger partial charge is 0.243 e. The summed E-state index contributed by atoms with van der Waals surface area (Å²) in [5.41, 5.74) is 2.39. The van der Waals surface area contributed by atoms with E-state index in [-0.39, 0.29) is 28.0 Å². The molecule has 0 saturated heterocycles. The molecule has 2 aromatic carbocycles. The monoisotopic (exact) mass is 422 g/mol. The highest BCUT2D eigenvalue weighted by Crippen LogP contribution is 2.28. The third kappa shape index (κ3) is 5.73. The van der Waals surface area contributed by atoms with Crippen LogP contribution in [0.3, 0.4) is 0 Å². The zero-order valence-corrected chi connectivity index (χ0v) is 17.9. The SMILES string of the molecule is CCN(CC)S(=O)(=O)c1ccc(O)c(NC(=O)CSCc2cccc(C)c2)c1. The Morgan fingerprint density at radius 1 is 1.14 bits per heavy atom. The lowest BCUT2D eigenvalue weighted by Gasteiger charge is -2.19. The highest BCUT2D eigenvalue weighted by molar-refractivity contribution is 7.99. The Hall–Kier alpha value is -2.03. The van der Waals surface area contributed by atoms with Gasteiger partial charge in [-0.25, -0.2) is 8.42 Å². The molecule has 0 heterocycles. The van der Waals surface area contributed by atoms with Crippen LogP contribution in [0.2, 0.25) is 0 Å². The van der Waals surface area contributed by atoms with Gasteiger partial charge in [0.2, 0.25) is 15.9 Å². The average Bonchev–Trinajstić information content (AvgIpc) is 2.64. The maximum Gasteiger partial charge on any atom is 0.243 e. The summed E-state index contributed by atoms with van der Waals surface area (Å²) in [6.45, 7) is 6.22. The minimum absolute atomic E-state index is 0.0386. The van der Waals surface area contributed by atoms with Crippen LogP contribution in [-0.4, -0.2) is 42.6 Å². The Labute approximate surface area is 171 Å². The molecule has 0 aromatic heterocycles. The van der Waals surface area contributed by atoms with E-state index in [9.17, 15) is 18.3 Å². The number of nitrogens with zero attached hydrogens (tertiary/aromatic N) is 1. The summed E-state index contributed by atoms with van der Waals surface area (Å²) in [4.78, 5) is 12.3. The predicted octanol–water partition coefficient (Wildman–Crippen LogP) is 3.60. The number of thioether (sulfide) groups is 1. The van der Waals surface area contributed by atoms with Crippen LogP contribution >= 0.6 is 11.8 Å². The van der Waals surface area contributed by atoms with Crippen molar-refractivity contribution < 1.29 is 18.3 Å². The maximum absolute atomic E-state index is 12.6. The number of carbonyl (C=O) groups excluding carboxylic acids is 1. The lowest BCUT2D eigenvalue weighted by Crippen LogP contribution is -2.30. The molecule has 2 N–H and O–H groups in total. The van der Waals surface area contributed by atoms with Crippen molar-refractivity contribution in [3.8, 4) is 5.75 Å². The van der Waals surface area contributed by atoms with E-state index in [1.54, 1.807) is 13.8 Å². The minimum atomic E-state index is -3.67. The molecule has 0 saturated carbocycles. The summed E-state index contributed by atoms with van der Waals surface area (Å²) in [5, 5.41) is 12.6. The molecule has 0 aliphatic carbocycles. The number of phenolic OH excluding ortho intramolecular Hbond substituents is 1. The number of aromatic hydroxyl groups is 1. The molecule has 2 aromatic rings. The molecule has 0 fully saturated rings. The second-order valence-corrected chi connectivity index (χ2v) is 9.22. The van der Waals surface area contributed by atoms with Crippen molar-refractivity contribution in [3.63, 3.8) is 0 Å². The Morgan fingerprint density at radius 2 is 1.86 bits per heavy atom. The number of nitrogens with one attached hydrogen (secondary N) is 1. The Morgan fingerprint density at radius 3 is 2.50 bits per heavy atom. The van der Waals surface area contributed by atoms with Crippen LogP contribution in [-0.2, 0) is 20.6 Å². The van der Waals surface area contributed by atoms with Crippen LogP contribution in [0.1, 0.15) is 25.0 Å². The quantitative estimate of drug-likeness (QED) is 0.603. The first-order chi connectivity index (χ1) is 13.3. The van der Waals surface area contributed by atoms with Gasteiger partial charge in [0.1, 0.15) is 5.75 Å². The van der Waals surface area contributed by atoms with Gasteiger partial charge in [-0.2, -0.15) is 4.31 Å². The molecule has 0 spiro atoms. The van der Waals surface area contributed by atoms with Gasteiger partial charge in [0, 0.05) is 18.8 Å². The summed E-state index contributed by atoms with van der Waals surface area (Å²) in [5.74, 6) is 0.415. The van der Waals surface area contributed by atoms with E-state index in [2.05, 4.69) is 11.4 Å². The highest BCUT2D eigenvalue weighted by Gasteiger charge is 2.23. The van der Waals surface area contributed by atoms with Gasteiger partial charge in [-0.15, -0.1) is 11.8 Å². The maximum atomic E-state index is 12.6. The summed E-state index contributed by atoms with van der Waals surface area (Å²) < 4.78 is 26.6. The first-order valence-corrected chi connectivity index (χ1v) is 11.6. The summed E-state index contributed by atoms with van der Waals surface area (Å²) >= 11 is 1.45. The van der Waals surface area contributed by atoms with Gasteiger partial charge in [-0.05, 0) is 30.7 Å². The van der Waals surface area contributed by atoms with E-state index < -0.39 is 10.0 Å². The van der Waals surface area contributed by atoms with Crippen molar-refractivity contribution in [3.05, 3.63) is 53.6 Å². The van der Waals surface area contributed by atoms with Crippen LogP contribution in [0, 0.1) is 6.92 Å². The highest BCUT2D eigenvalue weighted by atomic mass is 32.2. The molecule has 28 heavy (non-hydrogen) atoms. The number of aryl methyl sites for hydroxylation is 1. The van der Waals surface area contributed by atoms with E-state index in [1.165, 1.54) is 39.8 Å². The molecular formula is C20H26N2O4S2. The Kier molecular flexibility index (Phi) is 7.91. The molecule has 152 valence electrons. The molecule has 8 heteroatoms. The van der Waals surface area contributed by atoms with Crippen LogP contribution in [0.5, 0.6) is 5.75 Å². The van der Waals surface area contributed by atoms with Crippen molar-refractivity contribution >= 4 is 33.4 Å². The standard InChI is InChI=1S/C20H26N2O4S2/c1-4-22(5-2)28(25,26)17-9-10-19(23)18(12-17)21-20(24)14-27-13-16-8-6-7-15(3)11-16/h6-12,23H,4-5,13-14H2,1-3H3,(H,21,24). The number of hydrogen-bond acceptors (Lipinski definition) is 5. The number of carbonyl (C=O) groups is 1. The van der Waals surface area contributed by atoms with Crippen LogP contribution in [0.4, 0.5) is 5.69 Å². The van der Waals surface area contributed by atoms with Crippen molar-refractivity contribution in [2.45, 2.75) is 31.4 Å². The van der Waals surface area contributed by atoms with Crippen LogP contribution < -0.4 is 5.32 Å². The second kappa shape index (κ2) is 9.95. The van der Waals surface area contributed by atoms with Crippen molar-refractivity contribution in [1.82, 2.24) is 4.31 Å². The lowest BCUT2D eigenvalue weighted by atomic mass is 10.2. The number of phenols is 1. The number of hydrogen-bond donors (Lipinski definition) is 2. The van der Waals surface area contributed by atoms with Crippen LogP contribution in [0.25, 0.3) is 0 Å². The Bertz CT molecular complexity index is 926. The van der Waals surface area contributed by atoms with E-state index >= 15 is 0 Å². The summed E-state index contributed by atoms with van der Waals surface area (Å²) in [6.07, 6.45) is 0. The summed E-state index contributed by atoms with van der Waals surface area (Å²) in [7, 11) is -3.67. The van der Waals surface area contributed by atoms with Gasteiger partial charge in [0.15, 0.2) is 0 Å². The molecule has 0 aliphatic rings. The van der Waals surface area contributed by atoms with E-state index in [1.807, 2.05) is 25.1 Å². The van der Waals surface area contributed by atoms with Crippen molar-refractivity contribution in [2.75, 3.05) is 24.2 Å². The topological polar surface area (TPSA) is 86.7 Å². The number of rotatable bonds is 9. The average molecular weight is 423 g/mol. The molecule has 0 aliphatic heterocycles. The van der Waals surface area contributed by atoms with Gasteiger partial charge >= 0.3 is 0 Å². The fraction of sp³-hybridized carbons (Fsp3) is 0.350. The largest absolute Gasteiger partial charge is 0.506 e. The van der Waals surface area contributed by atoms with Crippen molar-refractivity contribution in [2.24, 2.45) is 0 Å². The number of sulfonamides is 1.